The molecule has 0 bridgehead atoms. The number of hydrogen-bond acceptors (Lipinski definition) is 4. The highest BCUT2D eigenvalue weighted by Crippen LogP contribution is 2.23. The number of likely N-dealkylation sites (N-methyl/N-ethyl adjacent to an activating group) is 1. The van der Waals surface area contributed by atoms with Crippen molar-refractivity contribution in [1.82, 2.24) is 4.31 Å². The number of nitrogens with zero attached hydrogens (tertiary/aromatic N) is 1. The fourth-order valence-corrected chi connectivity index (χ4v) is 3.97. The van der Waals surface area contributed by atoms with Gasteiger partial charge in [0.05, 0.1) is 5.69 Å². The van der Waals surface area contributed by atoms with Gasteiger partial charge < -0.3 is 5.32 Å². The van der Waals surface area contributed by atoms with Crippen LogP contribution in [0.2, 0.25) is 0 Å². The quantitative estimate of drug-likeness (QED) is 0.892. The first-order chi connectivity index (χ1) is 9.55. The summed E-state index contributed by atoms with van der Waals surface area (Å²) in [6, 6.07) is 10.9. The van der Waals surface area contributed by atoms with Crippen molar-refractivity contribution < 1.29 is 8.42 Å². The first-order valence-corrected chi connectivity index (χ1v) is 8.63. The largest absolute Gasteiger partial charge is 0.387 e. The molecule has 0 fully saturated rings. The Morgan fingerprint density at radius 2 is 1.95 bits per heavy atom. The predicted molar refractivity (Wildman–Crippen MR) is 83.8 cm³/mol. The van der Waals surface area contributed by atoms with Crippen molar-refractivity contribution in [2.45, 2.75) is 11.3 Å². The number of sulfonamides is 1. The van der Waals surface area contributed by atoms with Gasteiger partial charge in [0.2, 0.25) is 10.0 Å². The molecule has 2 aromatic rings. The van der Waals surface area contributed by atoms with E-state index in [0.29, 0.717) is 17.1 Å². The molecule has 1 aromatic carbocycles. The number of hydrogen-bond donors (Lipinski definition) is 1. The van der Waals surface area contributed by atoms with Crippen LogP contribution in [-0.2, 0) is 16.4 Å². The molecule has 1 heterocycles. The van der Waals surface area contributed by atoms with E-state index in [4.69, 9.17) is 0 Å². The molecular weight excluding hydrogens is 292 g/mol. The van der Waals surface area contributed by atoms with E-state index >= 15 is 0 Å². The van der Waals surface area contributed by atoms with Crippen LogP contribution >= 0.6 is 11.3 Å². The highest BCUT2D eigenvalue weighted by molar-refractivity contribution is 7.89. The fraction of sp³-hybridized carbons (Fsp3) is 0.286. The summed E-state index contributed by atoms with van der Waals surface area (Å²) >= 11 is 1.65. The molecule has 0 amide bonds. The number of thiophene rings is 1. The molecule has 2 rings (SSSR count). The summed E-state index contributed by atoms with van der Waals surface area (Å²) in [4.78, 5) is 1.50. The lowest BCUT2D eigenvalue weighted by atomic mass is 10.3. The number of nitrogens with one attached hydrogen (secondary N) is 1. The van der Waals surface area contributed by atoms with Crippen LogP contribution in [0.15, 0.2) is 46.7 Å². The number of benzene rings is 1. The second kappa shape index (κ2) is 6.39. The summed E-state index contributed by atoms with van der Waals surface area (Å²) in [5.41, 5.74) is 0.621. The van der Waals surface area contributed by atoms with Crippen molar-refractivity contribution in [1.29, 1.82) is 0 Å². The lowest BCUT2D eigenvalue weighted by molar-refractivity contribution is 0.474. The van der Waals surface area contributed by atoms with Gasteiger partial charge in [0, 0.05) is 25.5 Å². The van der Waals surface area contributed by atoms with Gasteiger partial charge in [-0.05, 0) is 30.0 Å². The van der Waals surface area contributed by atoms with Crippen LogP contribution in [0.3, 0.4) is 0 Å². The van der Waals surface area contributed by atoms with Crippen molar-refractivity contribution in [3.8, 4) is 0 Å². The Morgan fingerprint density at radius 3 is 2.60 bits per heavy atom. The minimum atomic E-state index is -3.46. The maximum absolute atomic E-state index is 12.6. The lowest BCUT2D eigenvalue weighted by Gasteiger charge is -2.18. The summed E-state index contributed by atoms with van der Waals surface area (Å²) in [6.45, 7) is 0.473. The molecule has 108 valence electrons. The summed E-state index contributed by atoms with van der Waals surface area (Å²) in [5.74, 6) is 0. The van der Waals surface area contributed by atoms with Crippen LogP contribution in [0.4, 0.5) is 5.69 Å². The molecule has 4 nitrogen and oxygen atoms in total. The van der Waals surface area contributed by atoms with Gasteiger partial charge >= 0.3 is 0 Å². The Bertz CT molecular complexity index is 652. The summed E-state index contributed by atoms with van der Waals surface area (Å²) < 4.78 is 26.5. The normalized spacial score (nSPS) is 11.8. The van der Waals surface area contributed by atoms with E-state index in [1.54, 1.807) is 43.6 Å². The van der Waals surface area contributed by atoms with Crippen molar-refractivity contribution in [2.24, 2.45) is 0 Å². The van der Waals surface area contributed by atoms with Gasteiger partial charge in [-0.1, -0.05) is 18.2 Å². The van der Waals surface area contributed by atoms with Crippen molar-refractivity contribution in [3.63, 3.8) is 0 Å². The Balaban J connectivity index is 2.16. The van der Waals surface area contributed by atoms with E-state index < -0.39 is 10.0 Å². The summed E-state index contributed by atoms with van der Waals surface area (Å²) in [6.07, 6.45) is 0.731. The molecule has 0 aliphatic rings. The Labute approximate surface area is 124 Å². The molecule has 0 spiro atoms. The molecule has 1 aromatic heterocycles. The first kappa shape index (κ1) is 15.0. The minimum absolute atomic E-state index is 0.316. The number of anilines is 1. The molecular formula is C14H18N2O2S2. The van der Waals surface area contributed by atoms with Gasteiger partial charge in [0.15, 0.2) is 0 Å². The van der Waals surface area contributed by atoms with Gasteiger partial charge in [0.25, 0.3) is 0 Å². The molecule has 1 N–H and O–H groups in total. The van der Waals surface area contributed by atoms with Crippen LogP contribution in [0.25, 0.3) is 0 Å². The maximum Gasteiger partial charge on any atom is 0.244 e. The summed E-state index contributed by atoms with van der Waals surface area (Å²) in [7, 11) is -0.117. The minimum Gasteiger partial charge on any atom is -0.387 e. The zero-order valence-electron chi connectivity index (χ0n) is 11.5. The van der Waals surface area contributed by atoms with Crippen LogP contribution in [0.5, 0.6) is 0 Å². The second-order valence-corrected chi connectivity index (χ2v) is 7.45. The highest BCUT2D eigenvalue weighted by Gasteiger charge is 2.23. The Kier molecular flexibility index (Phi) is 4.80. The van der Waals surface area contributed by atoms with Crippen molar-refractivity contribution in [3.05, 3.63) is 46.7 Å². The van der Waals surface area contributed by atoms with Crippen LogP contribution in [0.1, 0.15) is 4.88 Å². The third-order valence-electron chi connectivity index (χ3n) is 3.10. The molecule has 0 aliphatic carbocycles. The standard InChI is InChI=1S/C14H18N2O2S2/c1-15-13-7-3-4-8-14(13)20(17,18)16(2)10-9-12-6-5-11-19-12/h3-8,11,15H,9-10H2,1-2H3. The van der Waals surface area contributed by atoms with Gasteiger partial charge in [-0.3, -0.25) is 0 Å². The lowest BCUT2D eigenvalue weighted by Crippen LogP contribution is -2.29. The topological polar surface area (TPSA) is 49.4 Å². The SMILES string of the molecule is CNc1ccccc1S(=O)(=O)N(C)CCc1cccs1. The number of rotatable bonds is 6. The van der Waals surface area contributed by atoms with Gasteiger partial charge in [0.1, 0.15) is 4.90 Å². The third kappa shape index (κ3) is 3.20. The van der Waals surface area contributed by atoms with Crippen molar-refractivity contribution in [2.75, 3.05) is 26.0 Å². The van der Waals surface area contributed by atoms with E-state index in [9.17, 15) is 8.42 Å². The highest BCUT2D eigenvalue weighted by atomic mass is 32.2. The van der Waals surface area contributed by atoms with E-state index in [0.717, 1.165) is 6.42 Å². The molecule has 0 saturated carbocycles. The van der Waals surface area contributed by atoms with Crippen molar-refractivity contribution >= 4 is 27.0 Å². The van der Waals surface area contributed by atoms with E-state index in [2.05, 4.69) is 5.32 Å². The van der Waals surface area contributed by atoms with Crippen LogP contribution < -0.4 is 5.32 Å². The van der Waals surface area contributed by atoms with Gasteiger partial charge in [-0.15, -0.1) is 11.3 Å². The molecule has 0 saturated heterocycles. The zero-order chi connectivity index (χ0) is 14.6. The Morgan fingerprint density at radius 1 is 1.20 bits per heavy atom. The fourth-order valence-electron chi connectivity index (χ4n) is 1.91. The van der Waals surface area contributed by atoms with E-state index in [-0.39, 0.29) is 0 Å². The van der Waals surface area contributed by atoms with E-state index in [1.807, 2.05) is 23.6 Å². The molecule has 20 heavy (non-hydrogen) atoms. The predicted octanol–water partition coefficient (Wildman–Crippen LogP) is 2.65. The molecule has 0 unspecified atom stereocenters. The average molecular weight is 310 g/mol. The van der Waals surface area contributed by atoms with Gasteiger partial charge in [-0.2, -0.15) is 0 Å². The second-order valence-electron chi connectivity index (χ2n) is 4.40. The van der Waals surface area contributed by atoms with Crippen LogP contribution in [0, 0.1) is 0 Å². The van der Waals surface area contributed by atoms with E-state index in [1.165, 1.54) is 9.18 Å². The maximum atomic E-state index is 12.6. The average Bonchev–Trinajstić information content (AvgIpc) is 2.97. The first-order valence-electron chi connectivity index (χ1n) is 6.31. The summed E-state index contributed by atoms with van der Waals surface area (Å²) in [5, 5.41) is 4.92. The zero-order valence-corrected chi connectivity index (χ0v) is 13.2. The molecule has 0 aliphatic heterocycles. The Hall–Kier alpha value is -1.37. The molecule has 0 atom stereocenters. The van der Waals surface area contributed by atoms with Crippen LogP contribution in [-0.4, -0.2) is 33.4 Å². The number of para-hydroxylation sites is 1. The monoisotopic (exact) mass is 310 g/mol. The molecule has 6 heteroatoms. The smallest absolute Gasteiger partial charge is 0.244 e. The molecule has 0 radical (unpaired) electrons. The third-order valence-corrected chi connectivity index (χ3v) is 5.95. The van der Waals surface area contributed by atoms with Gasteiger partial charge in [-0.25, -0.2) is 12.7 Å².